The average molecular weight is 417 g/mol. The highest BCUT2D eigenvalue weighted by molar-refractivity contribution is 6.00. The molecule has 0 aliphatic rings. The van der Waals surface area contributed by atoms with Crippen molar-refractivity contribution in [2.24, 2.45) is 0 Å². The predicted molar refractivity (Wildman–Crippen MR) is 115 cm³/mol. The summed E-state index contributed by atoms with van der Waals surface area (Å²) in [7, 11) is 0. The van der Waals surface area contributed by atoms with E-state index in [4.69, 9.17) is 13.6 Å². The van der Waals surface area contributed by atoms with Crippen molar-refractivity contribution in [1.82, 2.24) is 0 Å². The number of nitrogens with one attached hydrogen (secondary N) is 1. The fourth-order valence-electron chi connectivity index (χ4n) is 3.19. The molecule has 4 aromatic rings. The first-order valence-corrected chi connectivity index (χ1v) is 9.62. The molecule has 0 aliphatic carbocycles. The predicted octanol–water partition coefficient (Wildman–Crippen LogP) is 4.66. The van der Waals surface area contributed by atoms with E-state index in [1.807, 2.05) is 0 Å². The van der Waals surface area contributed by atoms with Gasteiger partial charge >= 0.3 is 0 Å². The van der Waals surface area contributed by atoms with Gasteiger partial charge in [0, 0.05) is 18.2 Å². The molecule has 0 radical (unpaired) electrons. The van der Waals surface area contributed by atoms with E-state index in [1.54, 1.807) is 67.6 Å². The summed E-state index contributed by atoms with van der Waals surface area (Å²) in [4.78, 5) is 37.1. The summed E-state index contributed by atoms with van der Waals surface area (Å²) in [5.41, 5.74) is 0.951. The molecule has 2 aromatic carbocycles. The lowest BCUT2D eigenvalue weighted by atomic mass is 10.1. The normalized spacial score (nSPS) is 11.8. The van der Waals surface area contributed by atoms with Crippen molar-refractivity contribution >= 4 is 28.3 Å². The molecule has 1 unspecified atom stereocenters. The van der Waals surface area contributed by atoms with Crippen LogP contribution in [0, 0.1) is 0 Å². The smallest absolute Gasteiger partial charge is 0.235 e. The number of carbonyl (C=O) groups is 2. The first-order valence-electron chi connectivity index (χ1n) is 9.62. The van der Waals surface area contributed by atoms with E-state index in [0.29, 0.717) is 28.0 Å². The molecular weight excluding hydrogens is 398 g/mol. The van der Waals surface area contributed by atoms with Crippen molar-refractivity contribution in [1.29, 1.82) is 0 Å². The average Bonchev–Trinajstić information content (AvgIpc) is 3.30. The van der Waals surface area contributed by atoms with Crippen LogP contribution in [0.1, 0.15) is 24.2 Å². The zero-order valence-electron chi connectivity index (χ0n) is 16.9. The van der Waals surface area contributed by atoms with Gasteiger partial charge in [-0.05, 0) is 55.5 Å². The van der Waals surface area contributed by atoms with Crippen LogP contribution in [-0.2, 0) is 4.79 Å². The Labute approximate surface area is 177 Å². The molecule has 7 nitrogen and oxygen atoms in total. The zero-order chi connectivity index (χ0) is 22.0. The quantitative estimate of drug-likeness (QED) is 0.458. The molecular formula is C24H19NO6. The monoisotopic (exact) mass is 417 g/mol. The molecule has 0 saturated carbocycles. The first-order chi connectivity index (χ1) is 14.9. The van der Waals surface area contributed by atoms with E-state index >= 15 is 0 Å². The number of hydrogen-bond acceptors (Lipinski definition) is 6. The second-order valence-corrected chi connectivity index (χ2v) is 6.95. The highest BCUT2D eigenvalue weighted by Gasteiger charge is 2.24. The molecule has 0 bridgehead atoms. The summed E-state index contributed by atoms with van der Waals surface area (Å²) >= 11 is 0. The SMILES string of the molecule is CC(=O)Nc1ccc(C(=O)C(C)Oc2c(-c3ccco3)oc3ccccc3c2=O)cc1. The molecule has 0 aliphatic heterocycles. The summed E-state index contributed by atoms with van der Waals surface area (Å²) in [6.07, 6.45) is 0.490. The lowest BCUT2D eigenvalue weighted by Gasteiger charge is -2.15. The van der Waals surface area contributed by atoms with Gasteiger partial charge in [0.05, 0.1) is 11.6 Å². The maximum absolute atomic E-state index is 13.1. The Morgan fingerprint density at radius 2 is 1.74 bits per heavy atom. The number of rotatable bonds is 6. The van der Waals surface area contributed by atoms with Crippen molar-refractivity contribution in [3.63, 3.8) is 0 Å². The number of fused-ring (bicyclic) bond motifs is 1. The number of hydrogen-bond donors (Lipinski definition) is 1. The van der Waals surface area contributed by atoms with E-state index < -0.39 is 11.5 Å². The highest BCUT2D eigenvalue weighted by atomic mass is 16.5. The molecule has 156 valence electrons. The minimum atomic E-state index is -0.968. The third-order valence-electron chi connectivity index (χ3n) is 4.65. The Morgan fingerprint density at radius 3 is 2.42 bits per heavy atom. The third-order valence-corrected chi connectivity index (χ3v) is 4.65. The molecule has 0 spiro atoms. The summed E-state index contributed by atoms with van der Waals surface area (Å²) in [5.74, 6) is -0.188. The van der Waals surface area contributed by atoms with E-state index in [2.05, 4.69) is 5.32 Å². The Bertz CT molecular complexity index is 1300. The van der Waals surface area contributed by atoms with Crippen LogP contribution in [0.2, 0.25) is 0 Å². The van der Waals surface area contributed by atoms with Gasteiger partial charge in [-0.25, -0.2) is 0 Å². The molecule has 4 rings (SSSR count). The summed E-state index contributed by atoms with van der Waals surface area (Å²) in [6.45, 7) is 2.96. The lowest BCUT2D eigenvalue weighted by molar-refractivity contribution is -0.114. The minimum Gasteiger partial charge on any atom is -0.475 e. The Morgan fingerprint density at radius 1 is 1.00 bits per heavy atom. The molecule has 0 saturated heterocycles. The molecule has 2 heterocycles. The van der Waals surface area contributed by atoms with Gasteiger partial charge in [0.25, 0.3) is 0 Å². The van der Waals surface area contributed by atoms with Crippen LogP contribution in [0.4, 0.5) is 5.69 Å². The largest absolute Gasteiger partial charge is 0.475 e. The molecule has 1 amide bonds. The molecule has 1 N–H and O–H groups in total. The highest BCUT2D eigenvalue weighted by Crippen LogP contribution is 2.32. The van der Waals surface area contributed by atoms with Crippen molar-refractivity contribution in [2.45, 2.75) is 20.0 Å². The lowest BCUT2D eigenvalue weighted by Crippen LogP contribution is -2.26. The van der Waals surface area contributed by atoms with Crippen molar-refractivity contribution in [3.8, 4) is 17.3 Å². The van der Waals surface area contributed by atoms with Gasteiger partial charge in [-0.15, -0.1) is 0 Å². The van der Waals surface area contributed by atoms with E-state index in [-0.39, 0.29) is 23.2 Å². The van der Waals surface area contributed by atoms with Crippen LogP contribution in [0.5, 0.6) is 5.75 Å². The first kappa shape index (κ1) is 20.2. The second-order valence-electron chi connectivity index (χ2n) is 6.95. The minimum absolute atomic E-state index is 0.0932. The van der Waals surface area contributed by atoms with E-state index in [9.17, 15) is 14.4 Å². The second kappa shape index (κ2) is 8.31. The van der Waals surface area contributed by atoms with E-state index in [0.717, 1.165) is 0 Å². The maximum Gasteiger partial charge on any atom is 0.235 e. The van der Waals surface area contributed by atoms with Crippen LogP contribution >= 0.6 is 0 Å². The Kier molecular flexibility index (Phi) is 5.41. The molecule has 7 heteroatoms. The summed E-state index contributed by atoms with van der Waals surface area (Å²) in [6, 6.07) is 16.5. The van der Waals surface area contributed by atoms with Crippen LogP contribution in [0.15, 0.2) is 80.6 Å². The molecule has 31 heavy (non-hydrogen) atoms. The molecule has 2 aromatic heterocycles. The number of furan rings is 1. The van der Waals surface area contributed by atoms with Crippen molar-refractivity contribution in [3.05, 3.63) is 82.7 Å². The number of benzene rings is 2. The fourth-order valence-corrected chi connectivity index (χ4v) is 3.19. The van der Waals surface area contributed by atoms with Crippen LogP contribution in [0.3, 0.4) is 0 Å². The summed E-state index contributed by atoms with van der Waals surface area (Å²) < 4.78 is 17.1. The van der Waals surface area contributed by atoms with Gasteiger partial charge in [0.1, 0.15) is 5.58 Å². The number of ketones is 1. The van der Waals surface area contributed by atoms with Crippen molar-refractivity contribution < 1.29 is 23.2 Å². The third kappa shape index (κ3) is 4.11. The zero-order valence-corrected chi connectivity index (χ0v) is 16.9. The van der Waals surface area contributed by atoms with E-state index in [1.165, 1.54) is 13.2 Å². The van der Waals surface area contributed by atoms with Gasteiger partial charge in [-0.1, -0.05) is 12.1 Å². The standard InChI is InChI=1S/C24H19NO6/c1-14(21(27)16-9-11-17(12-10-16)25-15(2)26)30-24-22(28)18-6-3-4-7-19(18)31-23(24)20-8-5-13-29-20/h3-14H,1-2H3,(H,25,26). The number of ether oxygens (including phenoxy) is 1. The van der Waals surface area contributed by atoms with Crippen molar-refractivity contribution in [2.75, 3.05) is 5.32 Å². The topological polar surface area (TPSA) is 98.8 Å². The Hall–Kier alpha value is -4.13. The maximum atomic E-state index is 13.1. The summed E-state index contributed by atoms with van der Waals surface area (Å²) in [5, 5.41) is 2.98. The molecule has 1 atom stereocenters. The van der Waals surface area contributed by atoms with Gasteiger partial charge in [-0.3, -0.25) is 14.4 Å². The number of anilines is 1. The fraction of sp³-hybridized carbons (Fsp3) is 0.125. The van der Waals surface area contributed by atoms with Gasteiger partial charge < -0.3 is 18.9 Å². The van der Waals surface area contributed by atoms with Crippen LogP contribution < -0.4 is 15.5 Å². The number of carbonyl (C=O) groups excluding carboxylic acids is 2. The van der Waals surface area contributed by atoms with Gasteiger partial charge in [-0.2, -0.15) is 0 Å². The number of para-hydroxylation sites is 1. The van der Waals surface area contributed by atoms with Crippen LogP contribution in [0.25, 0.3) is 22.5 Å². The van der Waals surface area contributed by atoms with Gasteiger partial charge in [0.2, 0.25) is 28.6 Å². The number of Topliss-reactive ketones (excluding diaryl/α,β-unsaturated/α-hetero) is 1. The number of amides is 1. The Balaban J connectivity index is 1.68. The van der Waals surface area contributed by atoms with Crippen LogP contribution in [-0.4, -0.2) is 17.8 Å². The van der Waals surface area contributed by atoms with Gasteiger partial charge in [0.15, 0.2) is 11.9 Å². The molecule has 0 fully saturated rings.